The van der Waals surface area contributed by atoms with Gasteiger partial charge in [-0.25, -0.2) is 9.78 Å². The Hall–Kier alpha value is -0.160. The second-order valence-corrected chi connectivity index (χ2v) is 2.64. The molecule has 1 fully saturated rings. The van der Waals surface area contributed by atoms with Crippen LogP contribution in [0.25, 0.3) is 0 Å². The molecule has 1 unspecified atom stereocenters. The highest BCUT2D eigenvalue weighted by Crippen LogP contribution is 2.00. The number of rotatable bonds is 1. The van der Waals surface area contributed by atoms with Gasteiger partial charge in [0.25, 0.3) is 0 Å². The molecular formula is C8H16O4. The Morgan fingerprint density at radius 1 is 1.08 bits per heavy atom. The lowest BCUT2D eigenvalue weighted by Gasteiger charge is -2.16. The van der Waals surface area contributed by atoms with Crippen LogP contribution in [0.3, 0.4) is 0 Å². The normalized spacial score (nSPS) is 28.2. The highest BCUT2D eigenvalue weighted by molar-refractivity contribution is 4.50. The molecule has 0 bridgehead atoms. The maximum Gasteiger partial charge on any atom is 0.116 e. The lowest BCUT2D eigenvalue weighted by atomic mass is 10.3. The molecule has 1 atom stereocenters. The van der Waals surface area contributed by atoms with E-state index in [1.165, 1.54) is 0 Å². The molecule has 4 nitrogen and oxygen atoms in total. The molecular weight excluding hydrogens is 160 g/mol. The molecule has 0 spiro atoms. The van der Waals surface area contributed by atoms with Crippen LogP contribution in [0.2, 0.25) is 0 Å². The first-order valence-electron chi connectivity index (χ1n) is 4.37. The third kappa shape index (κ3) is 4.01. The van der Waals surface area contributed by atoms with Gasteiger partial charge in [0.05, 0.1) is 26.4 Å². The molecule has 0 aliphatic carbocycles. The van der Waals surface area contributed by atoms with Crippen LogP contribution in [0, 0.1) is 0 Å². The molecule has 0 aromatic carbocycles. The summed E-state index contributed by atoms with van der Waals surface area (Å²) in [5.41, 5.74) is 0. The van der Waals surface area contributed by atoms with E-state index < -0.39 is 0 Å². The highest BCUT2D eigenvalue weighted by atomic mass is 17.2. The van der Waals surface area contributed by atoms with Gasteiger partial charge in [-0.05, 0) is 6.42 Å². The van der Waals surface area contributed by atoms with Crippen molar-refractivity contribution >= 4 is 0 Å². The smallest absolute Gasteiger partial charge is 0.116 e. The maximum absolute atomic E-state index is 5.28. The molecule has 0 saturated carbocycles. The Balaban J connectivity index is 2.17. The van der Waals surface area contributed by atoms with Crippen molar-refractivity contribution in [3.63, 3.8) is 0 Å². The Bertz CT molecular complexity index is 97.2. The largest absolute Gasteiger partial charge is 0.377 e. The van der Waals surface area contributed by atoms with Crippen LogP contribution in [0.4, 0.5) is 0 Å². The predicted octanol–water partition coefficient (Wildman–Crippen LogP) is 0.760. The number of ether oxygens (including phenoxy) is 2. The van der Waals surface area contributed by atoms with Gasteiger partial charge in [-0.3, -0.25) is 0 Å². The van der Waals surface area contributed by atoms with E-state index in [1.807, 2.05) is 6.92 Å². The van der Waals surface area contributed by atoms with Crippen molar-refractivity contribution in [1.82, 2.24) is 0 Å². The molecule has 1 aliphatic heterocycles. The van der Waals surface area contributed by atoms with Gasteiger partial charge in [0.2, 0.25) is 0 Å². The van der Waals surface area contributed by atoms with Crippen LogP contribution in [0.1, 0.15) is 13.3 Å². The molecule has 0 radical (unpaired) electrons. The summed E-state index contributed by atoms with van der Waals surface area (Å²) in [4.78, 5) is 9.97. The van der Waals surface area contributed by atoms with E-state index in [1.54, 1.807) is 0 Å². The van der Waals surface area contributed by atoms with Gasteiger partial charge >= 0.3 is 0 Å². The first-order chi connectivity index (χ1) is 5.93. The minimum atomic E-state index is 0.0584. The third-order valence-electron chi connectivity index (χ3n) is 1.65. The number of hydrogen-bond acceptors (Lipinski definition) is 4. The van der Waals surface area contributed by atoms with E-state index in [4.69, 9.17) is 19.2 Å². The predicted molar refractivity (Wildman–Crippen MR) is 42.8 cm³/mol. The van der Waals surface area contributed by atoms with Crippen molar-refractivity contribution < 1.29 is 19.2 Å². The third-order valence-corrected chi connectivity index (χ3v) is 1.65. The zero-order chi connectivity index (χ0) is 8.65. The summed E-state index contributed by atoms with van der Waals surface area (Å²) < 4.78 is 10.4. The van der Waals surface area contributed by atoms with Crippen molar-refractivity contribution in [1.29, 1.82) is 0 Å². The molecule has 1 rings (SSSR count). The van der Waals surface area contributed by atoms with Gasteiger partial charge in [-0.2, -0.15) is 0 Å². The highest BCUT2D eigenvalue weighted by Gasteiger charge is 2.08. The monoisotopic (exact) mass is 176 g/mol. The molecule has 12 heavy (non-hydrogen) atoms. The summed E-state index contributed by atoms with van der Waals surface area (Å²) in [6.45, 7) is 4.97. The Morgan fingerprint density at radius 3 is 2.67 bits per heavy atom. The summed E-state index contributed by atoms with van der Waals surface area (Å²) in [6.07, 6.45) is 0.962. The second kappa shape index (κ2) is 6.37. The maximum atomic E-state index is 5.28. The Kier molecular flexibility index (Phi) is 5.27. The second-order valence-electron chi connectivity index (χ2n) is 2.64. The average molecular weight is 176 g/mol. The van der Waals surface area contributed by atoms with E-state index in [0.29, 0.717) is 33.0 Å². The van der Waals surface area contributed by atoms with Crippen molar-refractivity contribution in [2.24, 2.45) is 0 Å². The van der Waals surface area contributed by atoms with Crippen molar-refractivity contribution in [3.8, 4) is 0 Å². The molecule has 0 N–H and O–H groups in total. The van der Waals surface area contributed by atoms with Crippen molar-refractivity contribution in [3.05, 3.63) is 0 Å². The van der Waals surface area contributed by atoms with Gasteiger partial charge in [0.1, 0.15) is 12.7 Å². The van der Waals surface area contributed by atoms with E-state index in [-0.39, 0.29) is 6.10 Å². The summed E-state index contributed by atoms with van der Waals surface area (Å²) >= 11 is 0. The first-order valence-corrected chi connectivity index (χ1v) is 4.37. The van der Waals surface area contributed by atoms with Crippen LogP contribution in [-0.4, -0.2) is 39.1 Å². The van der Waals surface area contributed by atoms with Crippen LogP contribution in [0.15, 0.2) is 0 Å². The zero-order valence-corrected chi connectivity index (χ0v) is 7.45. The first kappa shape index (κ1) is 9.92. The van der Waals surface area contributed by atoms with Gasteiger partial charge in [0.15, 0.2) is 0 Å². The van der Waals surface area contributed by atoms with Crippen LogP contribution in [0.5, 0.6) is 0 Å². The molecule has 0 amide bonds. The van der Waals surface area contributed by atoms with E-state index >= 15 is 0 Å². The topological polar surface area (TPSA) is 36.9 Å². The van der Waals surface area contributed by atoms with Crippen LogP contribution in [-0.2, 0) is 19.2 Å². The van der Waals surface area contributed by atoms with Crippen LogP contribution >= 0.6 is 0 Å². The molecule has 1 aliphatic rings. The van der Waals surface area contributed by atoms with Crippen LogP contribution < -0.4 is 0 Å². The fraction of sp³-hybridized carbons (Fsp3) is 1.00. The van der Waals surface area contributed by atoms with Crippen molar-refractivity contribution in [2.45, 2.75) is 19.4 Å². The van der Waals surface area contributed by atoms with Gasteiger partial charge < -0.3 is 9.47 Å². The average Bonchev–Trinajstić information content (AvgIpc) is 2.14. The molecule has 0 aromatic rings. The molecule has 1 heterocycles. The van der Waals surface area contributed by atoms with E-state index in [9.17, 15) is 0 Å². The quantitative estimate of drug-likeness (QED) is 0.553. The van der Waals surface area contributed by atoms with Gasteiger partial charge in [-0.1, -0.05) is 6.92 Å². The van der Waals surface area contributed by atoms with E-state index in [0.717, 1.165) is 6.42 Å². The standard InChI is InChI=1S/C8H16O4/c1-2-8-7-10-4-3-9-5-6-11-12-8/h8H,2-7H2,1H3. The molecule has 72 valence electrons. The SMILES string of the molecule is CCC1COCCOCCOO1. The molecule has 0 aromatic heterocycles. The Labute approximate surface area is 72.7 Å². The summed E-state index contributed by atoms with van der Waals surface area (Å²) in [5.74, 6) is 0. The lowest BCUT2D eigenvalue weighted by molar-refractivity contribution is -0.337. The molecule has 1 saturated heterocycles. The van der Waals surface area contributed by atoms with Gasteiger partial charge in [-0.15, -0.1) is 0 Å². The summed E-state index contributed by atoms with van der Waals surface area (Å²) in [7, 11) is 0. The van der Waals surface area contributed by atoms with Gasteiger partial charge in [0, 0.05) is 0 Å². The zero-order valence-electron chi connectivity index (χ0n) is 7.45. The summed E-state index contributed by atoms with van der Waals surface area (Å²) in [6, 6.07) is 0. The number of hydrogen-bond donors (Lipinski definition) is 0. The minimum Gasteiger partial charge on any atom is -0.377 e. The fourth-order valence-electron chi connectivity index (χ4n) is 0.886. The van der Waals surface area contributed by atoms with Crippen molar-refractivity contribution in [2.75, 3.05) is 33.0 Å². The lowest BCUT2D eigenvalue weighted by Crippen LogP contribution is -2.23. The fourth-order valence-corrected chi connectivity index (χ4v) is 0.886. The minimum absolute atomic E-state index is 0.0584. The Morgan fingerprint density at radius 2 is 1.83 bits per heavy atom. The summed E-state index contributed by atoms with van der Waals surface area (Å²) in [5, 5.41) is 0. The molecule has 4 heteroatoms. The van der Waals surface area contributed by atoms with E-state index in [2.05, 4.69) is 0 Å².